The molecule has 1 heterocycles. The minimum absolute atomic E-state index is 0.0386. The van der Waals surface area contributed by atoms with E-state index >= 15 is 0 Å². The molecule has 0 aliphatic carbocycles. The first kappa shape index (κ1) is 19.3. The van der Waals surface area contributed by atoms with E-state index in [1.54, 1.807) is 11.3 Å². The van der Waals surface area contributed by atoms with Gasteiger partial charge in [-0.25, -0.2) is 0 Å². The lowest BCUT2D eigenvalue weighted by molar-refractivity contribution is -0.120. The Kier molecular flexibility index (Phi) is 7.19. The highest BCUT2D eigenvalue weighted by atomic mass is 32.1. The van der Waals surface area contributed by atoms with E-state index in [1.807, 2.05) is 24.3 Å². The van der Waals surface area contributed by atoms with Crippen molar-refractivity contribution in [3.63, 3.8) is 0 Å². The minimum atomic E-state index is 0.0386. The molecule has 140 valence electrons. The van der Waals surface area contributed by atoms with Crippen LogP contribution in [0, 0.1) is 6.92 Å². The fraction of sp³-hybridized carbons (Fsp3) is 0.261. The Labute approximate surface area is 165 Å². The Hall–Kier alpha value is -2.43. The van der Waals surface area contributed by atoms with E-state index in [4.69, 9.17) is 0 Å². The summed E-state index contributed by atoms with van der Waals surface area (Å²) in [6.45, 7) is 3.09. The highest BCUT2D eigenvalue weighted by Crippen LogP contribution is 2.26. The van der Waals surface area contributed by atoms with Crippen molar-refractivity contribution in [2.45, 2.75) is 25.8 Å². The van der Waals surface area contributed by atoms with Crippen LogP contribution in [0.4, 0.5) is 0 Å². The molecule has 2 N–H and O–H groups in total. The molecule has 0 bridgehead atoms. The molecule has 0 unspecified atom stereocenters. The number of carbonyl (C=O) groups excluding carboxylic acids is 1. The summed E-state index contributed by atoms with van der Waals surface area (Å²) in [5.41, 5.74) is 3.72. The Morgan fingerprint density at radius 3 is 2.48 bits per heavy atom. The zero-order valence-corrected chi connectivity index (χ0v) is 16.5. The molecule has 0 spiro atoms. The lowest BCUT2D eigenvalue weighted by Gasteiger charge is -2.18. The van der Waals surface area contributed by atoms with Gasteiger partial charge in [0.05, 0.1) is 12.6 Å². The van der Waals surface area contributed by atoms with Gasteiger partial charge in [0.15, 0.2) is 0 Å². The Morgan fingerprint density at radius 1 is 1.00 bits per heavy atom. The SMILES string of the molecule is Cc1ccc([C@H](NCC(=O)NCCCc2ccccc2)c2cccs2)cc1. The normalized spacial score (nSPS) is 11.9. The Morgan fingerprint density at radius 2 is 1.78 bits per heavy atom. The zero-order chi connectivity index (χ0) is 18.9. The van der Waals surface area contributed by atoms with Gasteiger partial charge in [0.2, 0.25) is 5.91 Å². The monoisotopic (exact) mass is 378 g/mol. The maximum absolute atomic E-state index is 12.2. The molecule has 0 saturated heterocycles. The summed E-state index contributed by atoms with van der Waals surface area (Å²) in [5.74, 6) is 0.0386. The molecule has 0 aliphatic heterocycles. The van der Waals surface area contributed by atoms with Crippen molar-refractivity contribution in [1.82, 2.24) is 10.6 Å². The summed E-state index contributed by atoms with van der Waals surface area (Å²) in [4.78, 5) is 13.5. The summed E-state index contributed by atoms with van der Waals surface area (Å²) < 4.78 is 0. The molecule has 27 heavy (non-hydrogen) atoms. The van der Waals surface area contributed by atoms with Crippen LogP contribution in [0.3, 0.4) is 0 Å². The van der Waals surface area contributed by atoms with Crippen molar-refractivity contribution in [3.8, 4) is 0 Å². The van der Waals surface area contributed by atoms with E-state index in [-0.39, 0.29) is 11.9 Å². The van der Waals surface area contributed by atoms with E-state index < -0.39 is 0 Å². The van der Waals surface area contributed by atoms with Crippen LogP contribution in [0.5, 0.6) is 0 Å². The van der Waals surface area contributed by atoms with Crippen LogP contribution < -0.4 is 10.6 Å². The lowest BCUT2D eigenvalue weighted by atomic mass is 10.0. The fourth-order valence-electron chi connectivity index (χ4n) is 3.02. The van der Waals surface area contributed by atoms with E-state index in [0.29, 0.717) is 13.1 Å². The van der Waals surface area contributed by atoms with Crippen LogP contribution in [-0.2, 0) is 11.2 Å². The average Bonchev–Trinajstić information content (AvgIpc) is 3.22. The van der Waals surface area contributed by atoms with E-state index in [2.05, 4.69) is 65.4 Å². The van der Waals surface area contributed by atoms with Gasteiger partial charge in [-0.2, -0.15) is 0 Å². The maximum atomic E-state index is 12.2. The summed E-state index contributed by atoms with van der Waals surface area (Å²) in [7, 11) is 0. The number of amides is 1. The summed E-state index contributed by atoms with van der Waals surface area (Å²) in [5, 5.41) is 8.50. The standard InChI is InChI=1S/C23H26N2OS/c1-18-11-13-20(14-12-18)23(21-10-6-16-27-21)25-17-22(26)24-15-5-9-19-7-3-2-4-8-19/h2-4,6-8,10-14,16,23,25H,5,9,15,17H2,1H3,(H,24,26)/t23-/m0/s1. The molecular formula is C23H26N2OS. The molecule has 0 aliphatic rings. The van der Waals surface area contributed by atoms with E-state index in [0.717, 1.165) is 12.8 Å². The number of thiophene rings is 1. The van der Waals surface area contributed by atoms with Crippen LogP contribution in [0.25, 0.3) is 0 Å². The van der Waals surface area contributed by atoms with Crippen molar-refractivity contribution < 1.29 is 4.79 Å². The first-order valence-corrected chi connectivity index (χ1v) is 10.2. The van der Waals surface area contributed by atoms with Gasteiger partial charge >= 0.3 is 0 Å². The lowest BCUT2D eigenvalue weighted by Crippen LogP contribution is -2.36. The molecule has 3 nitrogen and oxygen atoms in total. The quantitative estimate of drug-likeness (QED) is 0.539. The second-order valence-corrected chi connectivity index (χ2v) is 7.66. The van der Waals surface area contributed by atoms with Crippen LogP contribution in [0.2, 0.25) is 0 Å². The van der Waals surface area contributed by atoms with Crippen LogP contribution >= 0.6 is 11.3 Å². The van der Waals surface area contributed by atoms with Gasteiger partial charge in [0.1, 0.15) is 0 Å². The van der Waals surface area contributed by atoms with Crippen LogP contribution in [-0.4, -0.2) is 19.0 Å². The smallest absolute Gasteiger partial charge is 0.233 e. The predicted octanol–water partition coefficient (Wildman–Crippen LogP) is 4.48. The molecule has 0 radical (unpaired) electrons. The van der Waals surface area contributed by atoms with Crippen molar-refractivity contribution in [2.75, 3.05) is 13.1 Å². The number of hydrogen-bond donors (Lipinski definition) is 2. The molecule has 0 fully saturated rings. The molecule has 3 aromatic rings. The van der Waals surface area contributed by atoms with E-state index in [9.17, 15) is 4.79 Å². The third kappa shape index (κ3) is 6.05. The predicted molar refractivity (Wildman–Crippen MR) is 113 cm³/mol. The minimum Gasteiger partial charge on any atom is -0.355 e. The topological polar surface area (TPSA) is 41.1 Å². The third-order valence-corrected chi connectivity index (χ3v) is 5.45. The number of hydrogen-bond acceptors (Lipinski definition) is 3. The average molecular weight is 379 g/mol. The number of carbonyl (C=O) groups is 1. The second-order valence-electron chi connectivity index (χ2n) is 6.68. The number of rotatable bonds is 9. The van der Waals surface area contributed by atoms with Crippen molar-refractivity contribution >= 4 is 17.2 Å². The van der Waals surface area contributed by atoms with Crippen molar-refractivity contribution in [1.29, 1.82) is 0 Å². The Bertz CT molecular complexity index is 813. The number of benzene rings is 2. The van der Waals surface area contributed by atoms with Gasteiger partial charge in [-0.3, -0.25) is 10.1 Å². The molecule has 1 atom stereocenters. The highest BCUT2D eigenvalue weighted by molar-refractivity contribution is 7.10. The summed E-state index contributed by atoms with van der Waals surface area (Å²) in [6, 6.07) is 23.0. The first-order chi connectivity index (χ1) is 13.2. The molecule has 0 saturated carbocycles. The van der Waals surface area contributed by atoms with E-state index in [1.165, 1.54) is 21.6 Å². The molecular weight excluding hydrogens is 352 g/mol. The maximum Gasteiger partial charge on any atom is 0.233 e. The van der Waals surface area contributed by atoms with Gasteiger partial charge in [0.25, 0.3) is 0 Å². The largest absolute Gasteiger partial charge is 0.355 e. The number of aryl methyl sites for hydroxylation is 2. The number of nitrogens with one attached hydrogen (secondary N) is 2. The molecule has 3 rings (SSSR count). The van der Waals surface area contributed by atoms with Crippen LogP contribution in [0.15, 0.2) is 72.1 Å². The van der Waals surface area contributed by atoms with Gasteiger partial charge in [-0.15, -0.1) is 11.3 Å². The van der Waals surface area contributed by atoms with Crippen LogP contribution in [0.1, 0.15) is 34.0 Å². The molecule has 2 aromatic carbocycles. The zero-order valence-electron chi connectivity index (χ0n) is 15.7. The van der Waals surface area contributed by atoms with Gasteiger partial charge in [0, 0.05) is 11.4 Å². The van der Waals surface area contributed by atoms with Gasteiger partial charge in [-0.05, 0) is 42.3 Å². The Balaban J connectivity index is 1.48. The van der Waals surface area contributed by atoms with Gasteiger partial charge in [-0.1, -0.05) is 66.2 Å². The third-order valence-electron chi connectivity index (χ3n) is 4.51. The fourth-order valence-corrected chi connectivity index (χ4v) is 3.85. The summed E-state index contributed by atoms with van der Waals surface area (Å²) in [6.07, 6.45) is 1.93. The summed E-state index contributed by atoms with van der Waals surface area (Å²) >= 11 is 1.71. The molecule has 4 heteroatoms. The van der Waals surface area contributed by atoms with Crippen molar-refractivity contribution in [2.24, 2.45) is 0 Å². The first-order valence-electron chi connectivity index (χ1n) is 9.36. The van der Waals surface area contributed by atoms with Gasteiger partial charge < -0.3 is 5.32 Å². The highest BCUT2D eigenvalue weighted by Gasteiger charge is 2.15. The van der Waals surface area contributed by atoms with Crippen molar-refractivity contribution in [3.05, 3.63) is 93.7 Å². The molecule has 1 amide bonds. The molecule has 1 aromatic heterocycles. The second kappa shape index (κ2) is 10.0.